The average Bonchev–Trinajstić information content (AvgIpc) is 2.72. The van der Waals surface area contributed by atoms with E-state index < -0.39 is 85.6 Å². The Balaban J connectivity index is 6.20. The fourth-order valence-corrected chi connectivity index (χ4v) is 51.7. The van der Waals surface area contributed by atoms with Crippen molar-refractivity contribution in [2.45, 2.75) is 160 Å². The smallest absolute Gasteiger partial charge is 0.360 e. The first kappa shape index (κ1) is 44.5. The summed E-state index contributed by atoms with van der Waals surface area (Å²) in [4.78, 5) is 0. The summed E-state index contributed by atoms with van der Waals surface area (Å²) in [5.74, 6) is 0. The molecule has 0 aromatic heterocycles. The molecule has 0 bridgehead atoms. The highest BCUT2D eigenvalue weighted by Gasteiger charge is 2.48. The fraction of sp³-hybridized carbons (Fsp3) is 1.00. The number of hydrogen-bond donors (Lipinski definition) is 0. The monoisotopic (exact) mass is 775 g/mol. The predicted molar refractivity (Wildman–Crippen MR) is 203 cm³/mol. The summed E-state index contributed by atoms with van der Waals surface area (Å²) in [6, 6.07) is 3.95. The average molecular weight is 777 g/mol. The highest BCUT2D eigenvalue weighted by molar-refractivity contribution is 6.94. The van der Waals surface area contributed by atoms with Gasteiger partial charge < -0.3 is 33.6 Å². The maximum Gasteiger partial charge on any atom is 0.360 e. The maximum atomic E-state index is 13.1. The van der Waals surface area contributed by atoms with E-state index in [1.807, 2.05) is 13.8 Å². The largest absolute Gasteiger partial charge is 0.437 e. The molecule has 1 radical (unpaired) electrons. The number of rotatable bonds is 23. The zero-order valence-corrected chi connectivity index (χ0v) is 40.9. The first-order valence-electron chi connectivity index (χ1n) is 16.2. The molecule has 0 aliphatic carbocycles. The Hall–Kier alpha value is 1.53. The van der Waals surface area contributed by atoms with Crippen LogP contribution < -0.4 is 0 Å². The second-order valence-corrected chi connectivity index (χ2v) is 51.4. The van der Waals surface area contributed by atoms with Crippen LogP contribution in [0.15, 0.2) is 0 Å². The van der Waals surface area contributed by atoms with Gasteiger partial charge in [-0.15, -0.1) is 0 Å². The van der Waals surface area contributed by atoms with Gasteiger partial charge in [0.2, 0.25) is 0 Å². The molecule has 0 saturated heterocycles. The van der Waals surface area contributed by atoms with Crippen LogP contribution in [0.1, 0.15) is 27.2 Å². The Morgan fingerprint density at radius 3 is 1.28 bits per heavy atom. The van der Waals surface area contributed by atoms with Crippen molar-refractivity contribution in [1.82, 2.24) is 0 Å². The highest BCUT2D eigenvalue weighted by atomic mass is 28.5. The quantitative estimate of drug-likeness (QED) is 0.0952. The Labute approximate surface area is 278 Å². The van der Waals surface area contributed by atoms with Gasteiger partial charge in [0.15, 0.2) is 33.3 Å². The molecule has 0 spiro atoms. The van der Waals surface area contributed by atoms with E-state index in [4.69, 9.17) is 24.7 Å². The SMILES string of the molecule is CCC[Si](C)(O[Si](C)(C)C)O[Si](C)(C)O[Si](C)(CC[Si](C)(C[Si](=O)CC)O[Si](C)(C)O[Si](C)O[Si](C)(C)C)C[Si](=O)CC. The third-order valence-electron chi connectivity index (χ3n) is 6.63. The normalized spacial score (nSPS) is 17.8. The van der Waals surface area contributed by atoms with Crippen molar-refractivity contribution in [3.8, 4) is 0 Å². The van der Waals surface area contributed by atoms with Gasteiger partial charge in [0, 0.05) is 11.3 Å². The molecule has 0 saturated carbocycles. The van der Waals surface area contributed by atoms with Gasteiger partial charge in [-0.05, 0) is 122 Å². The van der Waals surface area contributed by atoms with Gasteiger partial charge in [-0.1, -0.05) is 27.2 Å². The van der Waals surface area contributed by atoms with E-state index in [1.54, 1.807) is 0 Å². The molecule has 0 amide bonds. The highest BCUT2D eigenvalue weighted by Crippen LogP contribution is 2.34. The molecule has 255 valence electrons. The molecular formula is C25H67O8Si10. The predicted octanol–water partition coefficient (Wildman–Crippen LogP) is 8.87. The van der Waals surface area contributed by atoms with Crippen LogP contribution in [-0.2, 0) is 33.6 Å². The molecule has 43 heavy (non-hydrogen) atoms. The molecule has 3 atom stereocenters. The summed E-state index contributed by atoms with van der Waals surface area (Å²) in [5.41, 5.74) is 1.29. The minimum atomic E-state index is -2.62. The van der Waals surface area contributed by atoms with Gasteiger partial charge in [-0.3, -0.25) is 0 Å². The van der Waals surface area contributed by atoms with Gasteiger partial charge in [-0.2, -0.15) is 0 Å². The maximum absolute atomic E-state index is 13.1. The van der Waals surface area contributed by atoms with E-state index in [-0.39, 0.29) is 0 Å². The van der Waals surface area contributed by atoms with Crippen molar-refractivity contribution < 1.29 is 33.6 Å². The fourth-order valence-electron chi connectivity index (χ4n) is 5.74. The Morgan fingerprint density at radius 2 is 0.930 bits per heavy atom. The van der Waals surface area contributed by atoms with Crippen LogP contribution in [0, 0.1) is 0 Å². The van der Waals surface area contributed by atoms with Crippen molar-refractivity contribution in [2.75, 3.05) is 0 Å². The van der Waals surface area contributed by atoms with Crippen molar-refractivity contribution in [3.05, 3.63) is 0 Å². The van der Waals surface area contributed by atoms with Crippen LogP contribution in [0.25, 0.3) is 0 Å². The molecule has 0 aromatic carbocycles. The summed E-state index contributed by atoms with van der Waals surface area (Å²) in [5, 5.41) is 0. The molecule has 0 rings (SSSR count). The lowest BCUT2D eigenvalue weighted by molar-refractivity contribution is 0.320. The second kappa shape index (κ2) is 17.8. The van der Waals surface area contributed by atoms with E-state index >= 15 is 0 Å². The van der Waals surface area contributed by atoms with E-state index in [9.17, 15) is 8.92 Å². The minimum absolute atomic E-state index is 0.644. The molecule has 0 aromatic rings. The molecule has 0 aliphatic rings. The van der Waals surface area contributed by atoms with Crippen LogP contribution in [0.3, 0.4) is 0 Å². The Bertz CT molecular complexity index is 898. The zero-order valence-electron chi connectivity index (χ0n) is 30.9. The molecule has 0 N–H and O–H groups in total. The molecular weight excluding hydrogens is 709 g/mol. The van der Waals surface area contributed by atoms with Crippen molar-refractivity contribution in [3.63, 3.8) is 0 Å². The zero-order chi connectivity index (χ0) is 34.1. The Kier molecular flexibility index (Phi) is 18.4. The third kappa shape index (κ3) is 20.5. The van der Waals surface area contributed by atoms with Crippen LogP contribution in [-0.4, -0.2) is 85.6 Å². The lowest BCUT2D eigenvalue weighted by atomic mass is 10.6. The van der Waals surface area contributed by atoms with Crippen molar-refractivity contribution in [2.24, 2.45) is 0 Å². The van der Waals surface area contributed by atoms with Gasteiger partial charge in [0.25, 0.3) is 17.4 Å². The van der Waals surface area contributed by atoms with E-state index in [1.165, 1.54) is 0 Å². The van der Waals surface area contributed by atoms with E-state index in [0.717, 1.165) is 24.6 Å². The summed E-state index contributed by atoms with van der Waals surface area (Å²) >= 11 is 0. The minimum Gasteiger partial charge on any atom is -0.437 e. The standard InChI is InChI=1S/C25H67O8Si10/c1-18-21-43(17,30-38(8,9)10)33-40(13,14)32-42(16,25-36(27)20-3)23-22-41(15,24-35(26)19-2)31-39(11,12)29-34(4)28-37(5,6)7/h18-25H2,1-17H3. The lowest BCUT2D eigenvalue weighted by Gasteiger charge is -2.43. The first-order valence-corrected chi connectivity index (χ1v) is 42.2. The molecule has 18 heteroatoms. The van der Waals surface area contributed by atoms with E-state index in [0.29, 0.717) is 23.4 Å². The van der Waals surface area contributed by atoms with Crippen LogP contribution in [0.2, 0.25) is 133 Å². The molecule has 0 aliphatic heterocycles. The van der Waals surface area contributed by atoms with Gasteiger partial charge in [-0.25, -0.2) is 0 Å². The molecule has 8 nitrogen and oxygen atoms in total. The van der Waals surface area contributed by atoms with Crippen molar-refractivity contribution in [1.29, 1.82) is 0 Å². The van der Waals surface area contributed by atoms with E-state index in [2.05, 4.69) is 98.6 Å². The van der Waals surface area contributed by atoms with Crippen LogP contribution >= 0.6 is 0 Å². The Morgan fingerprint density at radius 1 is 0.512 bits per heavy atom. The first-order chi connectivity index (χ1) is 19.1. The summed E-state index contributed by atoms with van der Waals surface area (Å²) < 4.78 is 66.8. The van der Waals surface area contributed by atoms with Crippen LogP contribution in [0.5, 0.6) is 0 Å². The summed E-state index contributed by atoms with van der Waals surface area (Å²) in [6.45, 7) is 36.6. The molecule has 0 heterocycles. The topological polar surface area (TPSA) is 89.5 Å². The lowest BCUT2D eigenvalue weighted by Crippen LogP contribution is -2.58. The van der Waals surface area contributed by atoms with Gasteiger partial charge in [0.1, 0.15) is 0 Å². The summed E-state index contributed by atoms with van der Waals surface area (Å²) in [7, 11) is -21.1. The molecule has 3 unspecified atom stereocenters. The number of hydrogen-bond acceptors (Lipinski definition) is 8. The third-order valence-corrected chi connectivity index (χ3v) is 44.3. The summed E-state index contributed by atoms with van der Waals surface area (Å²) in [6.07, 6.45) is 1.01. The van der Waals surface area contributed by atoms with Gasteiger partial charge in [0.05, 0.1) is 0 Å². The van der Waals surface area contributed by atoms with Crippen LogP contribution in [0.4, 0.5) is 0 Å². The molecule has 0 fully saturated rings. The second-order valence-electron chi connectivity index (χ2n) is 15.5. The van der Waals surface area contributed by atoms with Crippen molar-refractivity contribution >= 4 is 85.6 Å². The van der Waals surface area contributed by atoms with Gasteiger partial charge >= 0.3 is 35.0 Å².